The highest BCUT2D eigenvalue weighted by molar-refractivity contribution is 7.12. The van der Waals surface area contributed by atoms with Crippen LogP contribution in [0, 0.1) is 5.82 Å². The topological polar surface area (TPSA) is 24.4 Å². The molecule has 2 nitrogen and oxygen atoms in total. The Morgan fingerprint density at radius 2 is 2.06 bits per heavy atom. The molecule has 4 heteroatoms. The van der Waals surface area contributed by atoms with Crippen LogP contribution in [-0.4, -0.2) is 12.9 Å². The maximum atomic E-state index is 13.4. The lowest BCUT2D eigenvalue weighted by Gasteiger charge is -2.08. The van der Waals surface area contributed by atoms with Crippen molar-refractivity contribution in [3.63, 3.8) is 0 Å². The normalized spacial score (nSPS) is 11.5. The molecule has 1 N–H and O–H groups in total. The second kappa shape index (κ2) is 4.90. The number of hydrogen-bond donors (Lipinski definition) is 1. The second-order valence-corrected chi connectivity index (χ2v) is 4.10. The molecule has 2 aromatic rings. The van der Waals surface area contributed by atoms with Gasteiger partial charge in [0.2, 0.25) is 0 Å². The molecule has 0 aliphatic rings. The Morgan fingerprint density at radius 3 is 2.69 bits per heavy atom. The van der Waals surface area contributed by atoms with Gasteiger partial charge in [-0.05, 0) is 23.6 Å². The van der Waals surface area contributed by atoms with E-state index in [0.29, 0.717) is 11.5 Å². The van der Waals surface area contributed by atoms with E-state index in [2.05, 4.69) is 10.3 Å². The summed E-state index contributed by atoms with van der Waals surface area (Å²) in [4.78, 5) is 5.11. The first-order valence-electron chi connectivity index (χ1n) is 4.83. The highest BCUT2D eigenvalue weighted by atomic mass is 32.1. The SMILES string of the molecule is CN=C(Nc1ccccc1F)c1cccs1. The predicted octanol–water partition coefficient (Wildman–Crippen LogP) is 3.38. The predicted molar refractivity (Wildman–Crippen MR) is 66.8 cm³/mol. The van der Waals surface area contributed by atoms with E-state index in [-0.39, 0.29) is 5.82 Å². The Hall–Kier alpha value is -1.68. The van der Waals surface area contributed by atoms with Crippen molar-refractivity contribution in [2.75, 3.05) is 12.4 Å². The van der Waals surface area contributed by atoms with Crippen molar-refractivity contribution in [1.29, 1.82) is 0 Å². The van der Waals surface area contributed by atoms with Gasteiger partial charge in [0.25, 0.3) is 0 Å². The third-order valence-electron chi connectivity index (χ3n) is 2.11. The van der Waals surface area contributed by atoms with Crippen molar-refractivity contribution in [2.24, 2.45) is 4.99 Å². The molecule has 1 aromatic heterocycles. The summed E-state index contributed by atoms with van der Waals surface area (Å²) in [7, 11) is 1.68. The molecule has 16 heavy (non-hydrogen) atoms. The number of amidine groups is 1. The fourth-order valence-corrected chi connectivity index (χ4v) is 2.05. The first-order chi connectivity index (χ1) is 7.81. The lowest BCUT2D eigenvalue weighted by molar-refractivity contribution is 0.632. The van der Waals surface area contributed by atoms with Crippen molar-refractivity contribution >= 4 is 22.9 Å². The van der Waals surface area contributed by atoms with Crippen LogP contribution in [0.1, 0.15) is 4.88 Å². The molecule has 0 fully saturated rings. The molecular weight excluding hydrogens is 223 g/mol. The van der Waals surface area contributed by atoms with Crippen LogP contribution < -0.4 is 5.32 Å². The summed E-state index contributed by atoms with van der Waals surface area (Å²) in [6.45, 7) is 0. The lowest BCUT2D eigenvalue weighted by Crippen LogP contribution is -2.12. The zero-order valence-electron chi connectivity index (χ0n) is 8.77. The molecule has 1 heterocycles. The van der Waals surface area contributed by atoms with Gasteiger partial charge in [-0.1, -0.05) is 18.2 Å². The Bertz CT molecular complexity index is 491. The van der Waals surface area contributed by atoms with Crippen LogP contribution in [0.25, 0.3) is 0 Å². The third-order valence-corrected chi connectivity index (χ3v) is 2.98. The highest BCUT2D eigenvalue weighted by Gasteiger charge is 2.06. The minimum atomic E-state index is -0.278. The summed E-state index contributed by atoms with van der Waals surface area (Å²) in [5.41, 5.74) is 0.441. The zero-order valence-corrected chi connectivity index (χ0v) is 9.59. The van der Waals surface area contributed by atoms with Crippen molar-refractivity contribution < 1.29 is 4.39 Å². The summed E-state index contributed by atoms with van der Waals surface area (Å²) < 4.78 is 13.4. The van der Waals surface area contributed by atoms with Crippen LogP contribution in [0.15, 0.2) is 46.8 Å². The van der Waals surface area contributed by atoms with Gasteiger partial charge in [-0.15, -0.1) is 11.3 Å². The molecule has 1 aromatic carbocycles. The molecule has 82 valence electrons. The van der Waals surface area contributed by atoms with Gasteiger partial charge in [0.15, 0.2) is 0 Å². The molecule has 0 spiro atoms. The smallest absolute Gasteiger partial charge is 0.146 e. The number of halogens is 1. The van der Waals surface area contributed by atoms with Crippen molar-refractivity contribution in [2.45, 2.75) is 0 Å². The first kappa shape index (κ1) is 10.8. The number of aliphatic imine (C=N–C) groups is 1. The van der Waals surface area contributed by atoms with Crippen molar-refractivity contribution in [3.8, 4) is 0 Å². The van der Waals surface area contributed by atoms with Crippen molar-refractivity contribution in [1.82, 2.24) is 0 Å². The monoisotopic (exact) mass is 234 g/mol. The van der Waals surface area contributed by atoms with Crippen LogP contribution in [0.2, 0.25) is 0 Å². The number of thiophene rings is 1. The minimum Gasteiger partial charge on any atom is -0.337 e. The number of nitrogens with zero attached hydrogens (tertiary/aromatic N) is 1. The molecule has 0 saturated heterocycles. The van der Waals surface area contributed by atoms with Crippen LogP contribution >= 0.6 is 11.3 Å². The molecule has 2 rings (SSSR count). The number of anilines is 1. The number of rotatable bonds is 2. The van der Waals surface area contributed by atoms with Crippen LogP contribution in [0.4, 0.5) is 10.1 Å². The van der Waals surface area contributed by atoms with E-state index in [1.807, 2.05) is 17.5 Å². The Balaban J connectivity index is 2.24. The number of para-hydroxylation sites is 1. The van der Waals surface area contributed by atoms with E-state index in [9.17, 15) is 4.39 Å². The molecule has 0 saturated carbocycles. The lowest BCUT2D eigenvalue weighted by atomic mass is 10.3. The number of nitrogens with one attached hydrogen (secondary N) is 1. The Morgan fingerprint density at radius 1 is 1.25 bits per heavy atom. The van der Waals surface area contributed by atoms with Crippen LogP contribution in [0.3, 0.4) is 0 Å². The Kier molecular flexibility index (Phi) is 3.31. The largest absolute Gasteiger partial charge is 0.337 e. The molecule has 0 radical (unpaired) electrons. The molecule has 0 amide bonds. The van der Waals surface area contributed by atoms with Crippen LogP contribution in [-0.2, 0) is 0 Å². The fourth-order valence-electron chi connectivity index (χ4n) is 1.33. The highest BCUT2D eigenvalue weighted by Crippen LogP contribution is 2.16. The summed E-state index contributed by atoms with van der Waals surface area (Å²) in [5, 5.41) is 4.95. The van der Waals surface area contributed by atoms with E-state index in [1.165, 1.54) is 6.07 Å². The van der Waals surface area contributed by atoms with Crippen LogP contribution in [0.5, 0.6) is 0 Å². The summed E-state index contributed by atoms with van der Waals surface area (Å²) in [6, 6.07) is 10.4. The first-order valence-corrected chi connectivity index (χ1v) is 5.71. The average Bonchev–Trinajstić information content (AvgIpc) is 2.81. The quantitative estimate of drug-likeness (QED) is 0.625. The molecule has 0 atom stereocenters. The van der Waals surface area contributed by atoms with E-state index >= 15 is 0 Å². The maximum Gasteiger partial charge on any atom is 0.146 e. The standard InChI is InChI=1S/C12H11FN2S/c1-14-12(11-7-4-8-16-11)15-10-6-3-2-5-9(10)13/h2-8H,1H3,(H,14,15). The molecular formula is C12H11FN2S. The molecule has 0 aliphatic heterocycles. The number of benzene rings is 1. The van der Waals surface area contributed by atoms with Gasteiger partial charge in [0.05, 0.1) is 10.6 Å². The second-order valence-electron chi connectivity index (χ2n) is 3.15. The van der Waals surface area contributed by atoms with Gasteiger partial charge < -0.3 is 5.32 Å². The molecule has 0 unspecified atom stereocenters. The van der Waals surface area contributed by atoms with E-state index < -0.39 is 0 Å². The van der Waals surface area contributed by atoms with E-state index in [4.69, 9.17) is 0 Å². The van der Waals surface area contributed by atoms with Gasteiger partial charge >= 0.3 is 0 Å². The fraction of sp³-hybridized carbons (Fsp3) is 0.0833. The third kappa shape index (κ3) is 2.28. The maximum absolute atomic E-state index is 13.4. The molecule has 0 bridgehead atoms. The number of hydrogen-bond acceptors (Lipinski definition) is 2. The van der Waals surface area contributed by atoms with Gasteiger partial charge in [-0.2, -0.15) is 0 Å². The minimum absolute atomic E-state index is 0.278. The molecule has 0 aliphatic carbocycles. The van der Waals surface area contributed by atoms with E-state index in [1.54, 1.807) is 36.6 Å². The average molecular weight is 234 g/mol. The van der Waals surface area contributed by atoms with Gasteiger partial charge in [-0.25, -0.2) is 4.39 Å². The van der Waals surface area contributed by atoms with Gasteiger partial charge in [0.1, 0.15) is 11.7 Å². The Labute approximate surface area is 97.5 Å². The summed E-state index contributed by atoms with van der Waals surface area (Å²) in [5.74, 6) is 0.403. The zero-order chi connectivity index (χ0) is 11.4. The summed E-state index contributed by atoms with van der Waals surface area (Å²) in [6.07, 6.45) is 0. The van der Waals surface area contributed by atoms with Crippen molar-refractivity contribution in [3.05, 3.63) is 52.5 Å². The summed E-state index contributed by atoms with van der Waals surface area (Å²) >= 11 is 1.56. The van der Waals surface area contributed by atoms with E-state index in [0.717, 1.165) is 4.88 Å². The van der Waals surface area contributed by atoms with Gasteiger partial charge in [-0.3, -0.25) is 4.99 Å². The van der Waals surface area contributed by atoms with Gasteiger partial charge in [0, 0.05) is 7.05 Å².